The molecule has 0 aliphatic rings. The van der Waals surface area contributed by atoms with Crippen molar-refractivity contribution in [2.45, 2.75) is 16.5 Å². The molecule has 0 aliphatic carbocycles. The van der Waals surface area contributed by atoms with Gasteiger partial charge in [-0.15, -0.1) is 10.2 Å². The Labute approximate surface area is 174 Å². The van der Waals surface area contributed by atoms with Gasteiger partial charge in [-0.1, -0.05) is 53.4 Å². The highest BCUT2D eigenvalue weighted by Gasteiger charge is 2.12. The first-order chi connectivity index (χ1) is 14.2. The fraction of sp³-hybridized carbons (Fsp3) is 0.100. The number of thioether (sulfide) groups is 1. The smallest absolute Gasteiger partial charge is 0.230 e. The highest BCUT2D eigenvalue weighted by atomic mass is 32.2. The van der Waals surface area contributed by atoms with Gasteiger partial charge in [-0.3, -0.25) is 4.79 Å². The van der Waals surface area contributed by atoms with Gasteiger partial charge >= 0.3 is 0 Å². The van der Waals surface area contributed by atoms with E-state index < -0.39 is 0 Å². The van der Waals surface area contributed by atoms with Crippen molar-refractivity contribution in [2.75, 3.05) is 5.32 Å². The molecular weight excluding hydrogens is 404 g/mol. The number of aromatic amines is 2. The average molecular weight is 421 g/mol. The number of nitrogens with zero attached hydrogens (tertiary/aromatic N) is 3. The number of carbonyl (C=O) groups is 1. The predicted molar refractivity (Wildman–Crippen MR) is 116 cm³/mol. The van der Waals surface area contributed by atoms with Crippen molar-refractivity contribution in [3.8, 4) is 0 Å². The van der Waals surface area contributed by atoms with Crippen LogP contribution in [0.3, 0.4) is 0 Å². The predicted octanol–water partition coefficient (Wildman–Crippen LogP) is 4.37. The number of rotatable bonds is 6. The Bertz CT molecular complexity index is 1270. The fourth-order valence-electron chi connectivity index (χ4n) is 3.14. The van der Waals surface area contributed by atoms with Gasteiger partial charge < -0.3 is 15.3 Å². The summed E-state index contributed by atoms with van der Waals surface area (Å²) in [5.41, 5.74) is 3.95. The maximum absolute atomic E-state index is 12.4. The summed E-state index contributed by atoms with van der Waals surface area (Å²) >= 11 is 2.90. The lowest BCUT2D eigenvalue weighted by Crippen LogP contribution is -2.14. The van der Waals surface area contributed by atoms with Crippen LogP contribution in [-0.2, 0) is 17.0 Å². The number of hydrogen-bond donors (Lipinski definition) is 3. The third kappa shape index (κ3) is 3.87. The first kappa shape index (κ1) is 17.9. The van der Waals surface area contributed by atoms with E-state index >= 15 is 0 Å². The summed E-state index contributed by atoms with van der Waals surface area (Å²) in [6, 6.07) is 15.9. The molecular formula is C20H16N6OS2. The largest absolute Gasteiger partial charge is 0.361 e. The monoisotopic (exact) mass is 420 g/mol. The van der Waals surface area contributed by atoms with Crippen molar-refractivity contribution < 1.29 is 4.79 Å². The Morgan fingerprint density at radius 2 is 1.90 bits per heavy atom. The molecule has 3 heterocycles. The van der Waals surface area contributed by atoms with Gasteiger partial charge in [-0.25, -0.2) is 4.98 Å². The van der Waals surface area contributed by atoms with Gasteiger partial charge in [-0.05, 0) is 23.8 Å². The van der Waals surface area contributed by atoms with Gasteiger partial charge in [0.1, 0.15) is 5.82 Å². The van der Waals surface area contributed by atoms with Crippen LogP contribution in [0.15, 0.2) is 59.1 Å². The number of imidazole rings is 1. The lowest BCUT2D eigenvalue weighted by molar-refractivity contribution is -0.115. The van der Waals surface area contributed by atoms with Gasteiger partial charge in [0.2, 0.25) is 11.0 Å². The molecule has 29 heavy (non-hydrogen) atoms. The molecule has 144 valence electrons. The molecule has 3 N–H and O–H groups in total. The van der Waals surface area contributed by atoms with Crippen LogP contribution in [0.1, 0.15) is 11.4 Å². The third-order valence-electron chi connectivity index (χ3n) is 4.45. The van der Waals surface area contributed by atoms with E-state index in [9.17, 15) is 4.79 Å². The summed E-state index contributed by atoms with van der Waals surface area (Å²) in [6.07, 6.45) is 2.16. The van der Waals surface area contributed by atoms with E-state index in [0.29, 0.717) is 10.9 Å². The molecule has 0 bridgehead atoms. The van der Waals surface area contributed by atoms with Crippen LogP contribution in [0.5, 0.6) is 0 Å². The van der Waals surface area contributed by atoms with Gasteiger partial charge in [-0.2, -0.15) is 0 Å². The minimum absolute atomic E-state index is 0.111. The van der Waals surface area contributed by atoms with Crippen LogP contribution in [0.2, 0.25) is 0 Å². The quantitative estimate of drug-likeness (QED) is 0.280. The Balaban J connectivity index is 1.20. The molecule has 0 spiro atoms. The standard InChI is InChI=1S/C20H16N6OS2/c27-18(9-12-10-21-14-6-2-1-5-13(12)14)24-19-25-26-20(29-19)28-11-17-22-15-7-3-4-8-16(15)23-17/h1-8,10,21H,9,11H2,(H,22,23)(H,24,25,27). The van der Waals surface area contributed by atoms with Gasteiger partial charge in [0.05, 0.1) is 23.2 Å². The van der Waals surface area contributed by atoms with E-state index in [1.807, 2.05) is 54.7 Å². The fourth-order valence-corrected chi connectivity index (χ4v) is 4.78. The van der Waals surface area contributed by atoms with Crippen molar-refractivity contribution in [1.29, 1.82) is 0 Å². The summed E-state index contributed by atoms with van der Waals surface area (Å²) < 4.78 is 0.785. The molecule has 0 saturated heterocycles. The molecule has 0 fully saturated rings. The second-order valence-electron chi connectivity index (χ2n) is 6.45. The zero-order chi connectivity index (χ0) is 19.6. The summed E-state index contributed by atoms with van der Waals surface area (Å²) in [4.78, 5) is 23.4. The van der Waals surface area contributed by atoms with Crippen LogP contribution in [0, 0.1) is 0 Å². The van der Waals surface area contributed by atoms with Gasteiger partial charge in [0.15, 0.2) is 4.34 Å². The van der Waals surface area contributed by atoms with E-state index in [1.54, 1.807) is 0 Å². The molecule has 3 aromatic heterocycles. The highest BCUT2D eigenvalue weighted by molar-refractivity contribution is 8.00. The van der Waals surface area contributed by atoms with Crippen molar-refractivity contribution in [3.63, 3.8) is 0 Å². The van der Waals surface area contributed by atoms with E-state index in [1.165, 1.54) is 23.1 Å². The molecule has 1 amide bonds. The van der Waals surface area contributed by atoms with Crippen molar-refractivity contribution >= 4 is 56.1 Å². The summed E-state index contributed by atoms with van der Waals surface area (Å²) in [7, 11) is 0. The van der Waals surface area contributed by atoms with Crippen molar-refractivity contribution in [1.82, 2.24) is 25.1 Å². The second kappa shape index (κ2) is 7.69. The second-order valence-corrected chi connectivity index (χ2v) is 8.65. The Kier molecular flexibility index (Phi) is 4.74. The van der Waals surface area contributed by atoms with Crippen LogP contribution >= 0.6 is 23.1 Å². The first-order valence-electron chi connectivity index (χ1n) is 8.99. The highest BCUT2D eigenvalue weighted by Crippen LogP contribution is 2.28. The first-order valence-corrected chi connectivity index (χ1v) is 10.8. The van der Waals surface area contributed by atoms with Crippen LogP contribution in [0.4, 0.5) is 5.13 Å². The molecule has 2 aromatic carbocycles. The SMILES string of the molecule is O=C(Cc1c[nH]c2ccccc12)Nc1nnc(SCc2nc3ccccc3[nH]2)s1. The zero-order valence-electron chi connectivity index (χ0n) is 15.2. The Hall–Kier alpha value is -3.17. The third-order valence-corrected chi connectivity index (χ3v) is 6.43. The van der Waals surface area contributed by atoms with E-state index in [0.717, 1.165) is 37.7 Å². The number of H-pyrrole nitrogens is 2. The molecule has 5 rings (SSSR count). The molecule has 5 aromatic rings. The van der Waals surface area contributed by atoms with Crippen molar-refractivity contribution in [3.05, 3.63) is 66.1 Å². The maximum atomic E-state index is 12.4. The number of aromatic nitrogens is 5. The van der Waals surface area contributed by atoms with Crippen LogP contribution in [-0.4, -0.2) is 31.1 Å². The molecule has 0 unspecified atom stereocenters. The number of hydrogen-bond acceptors (Lipinski definition) is 6. The van der Waals surface area contributed by atoms with E-state index in [4.69, 9.17) is 0 Å². The number of fused-ring (bicyclic) bond motifs is 2. The zero-order valence-corrected chi connectivity index (χ0v) is 16.8. The number of carbonyl (C=O) groups excluding carboxylic acids is 1. The number of benzene rings is 2. The number of para-hydroxylation sites is 3. The van der Waals surface area contributed by atoms with Crippen molar-refractivity contribution in [2.24, 2.45) is 0 Å². The van der Waals surface area contributed by atoms with Crippen LogP contribution in [0.25, 0.3) is 21.9 Å². The molecule has 7 nitrogen and oxygen atoms in total. The summed E-state index contributed by atoms with van der Waals surface area (Å²) in [6.45, 7) is 0. The summed E-state index contributed by atoms with van der Waals surface area (Å²) in [5, 5.41) is 12.6. The lowest BCUT2D eigenvalue weighted by atomic mass is 10.1. The van der Waals surface area contributed by atoms with E-state index in [-0.39, 0.29) is 12.3 Å². The Morgan fingerprint density at radius 1 is 1.07 bits per heavy atom. The number of amides is 1. The number of anilines is 1. The molecule has 0 atom stereocenters. The minimum Gasteiger partial charge on any atom is -0.361 e. The average Bonchev–Trinajstić information content (AvgIpc) is 3.45. The molecule has 9 heteroatoms. The van der Waals surface area contributed by atoms with E-state index in [2.05, 4.69) is 30.5 Å². The number of nitrogens with one attached hydrogen (secondary N) is 3. The maximum Gasteiger partial charge on any atom is 0.230 e. The van der Waals surface area contributed by atoms with Crippen LogP contribution < -0.4 is 5.32 Å². The Morgan fingerprint density at radius 3 is 2.79 bits per heavy atom. The lowest BCUT2D eigenvalue weighted by Gasteiger charge is -2.00. The molecule has 0 saturated carbocycles. The van der Waals surface area contributed by atoms with Gasteiger partial charge in [0.25, 0.3) is 0 Å². The normalized spacial score (nSPS) is 11.3. The molecule has 0 radical (unpaired) electrons. The molecule has 0 aliphatic heterocycles. The minimum atomic E-state index is -0.111. The topological polar surface area (TPSA) is 99.3 Å². The van der Waals surface area contributed by atoms with Gasteiger partial charge in [0, 0.05) is 17.1 Å². The summed E-state index contributed by atoms with van der Waals surface area (Å²) in [5.74, 6) is 1.43.